The van der Waals surface area contributed by atoms with Crippen LogP contribution in [0.3, 0.4) is 0 Å². The molecule has 0 bridgehead atoms. The second-order valence-electron chi connectivity index (χ2n) is 5.10. The topological polar surface area (TPSA) is 36.7 Å². The van der Waals surface area contributed by atoms with E-state index in [0.29, 0.717) is 9.90 Å². The van der Waals surface area contributed by atoms with E-state index in [4.69, 9.17) is 16.0 Å². The van der Waals surface area contributed by atoms with E-state index in [1.165, 1.54) is 11.3 Å². The third-order valence-electron chi connectivity index (χ3n) is 3.65. The van der Waals surface area contributed by atoms with Crippen molar-refractivity contribution in [3.8, 4) is 0 Å². The van der Waals surface area contributed by atoms with Crippen molar-refractivity contribution in [1.82, 2.24) is 9.80 Å². The lowest BCUT2D eigenvalue weighted by atomic mass is 10.3. The van der Waals surface area contributed by atoms with Crippen molar-refractivity contribution in [2.24, 2.45) is 0 Å². The number of hydrogen-bond donors (Lipinski definition) is 0. The molecule has 3 rings (SSSR count). The van der Waals surface area contributed by atoms with E-state index in [-0.39, 0.29) is 5.91 Å². The first-order valence-corrected chi connectivity index (χ1v) is 8.27. The Kier molecular flexibility index (Phi) is 4.63. The van der Waals surface area contributed by atoms with Crippen LogP contribution in [0.25, 0.3) is 0 Å². The van der Waals surface area contributed by atoms with Gasteiger partial charge in [-0.1, -0.05) is 11.6 Å². The number of amides is 1. The lowest BCUT2D eigenvalue weighted by Crippen LogP contribution is -2.34. The molecule has 0 spiro atoms. The summed E-state index contributed by atoms with van der Waals surface area (Å²) in [6.45, 7) is 4.14. The maximum atomic E-state index is 12.5. The van der Waals surface area contributed by atoms with Gasteiger partial charge in [-0.05, 0) is 30.0 Å². The average Bonchev–Trinajstić information content (AvgIpc) is 3.07. The van der Waals surface area contributed by atoms with Gasteiger partial charge >= 0.3 is 0 Å². The molecule has 1 aliphatic rings. The Morgan fingerprint density at radius 3 is 2.90 bits per heavy atom. The minimum Gasteiger partial charge on any atom is -0.468 e. The van der Waals surface area contributed by atoms with Crippen molar-refractivity contribution < 1.29 is 9.21 Å². The van der Waals surface area contributed by atoms with Crippen LogP contribution in [0.2, 0.25) is 5.02 Å². The Balaban J connectivity index is 1.60. The number of furan rings is 1. The van der Waals surface area contributed by atoms with Crippen LogP contribution in [0, 0.1) is 0 Å². The summed E-state index contributed by atoms with van der Waals surface area (Å²) in [7, 11) is 0. The van der Waals surface area contributed by atoms with Crippen molar-refractivity contribution in [3.63, 3.8) is 0 Å². The molecule has 0 aromatic carbocycles. The summed E-state index contributed by atoms with van der Waals surface area (Å²) in [6, 6.07) is 5.67. The first-order chi connectivity index (χ1) is 10.2. The van der Waals surface area contributed by atoms with Gasteiger partial charge in [-0.3, -0.25) is 9.69 Å². The summed E-state index contributed by atoms with van der Waals surface area (Å²) >= 11 is 7.47. The van der Waals surface area contributed by atoms with E-state index in [1.807, 2.05) is 22.4 Å². The summed E-state index contributed by atoms with van der Waals surface area (Å²) in [4.78, 5) is 17.3. The molecular formula is C15H17ClN2O2S. The van der Waals surface area contributed by atoms with Crippen molar-refractivity contribution in [2.45, 2.75) is 13.0 Å². The van der Waals surface area contributed by atoms with Crippen LogP contribution >= 0.6 is 22.9 Å². The van der Waals surface area contributed by atoms with Crippen LogP contribution < -0.4 is 0 Å². The van der Waals surface area contributed by atoms with Gasteiger partial charge in [0.1, 0.15) is 10.6 Å². The number of halogens is 1. The van der Waals surface area contributed by atoms with Gasteiger partial charge in [0.05, 0.1) is 17.8 Å². The van der Waals surface area contributed by atoms with Crippen molar-refractivity contribution in [1.29, 1.82) is 0 Å². The van der Waals surface area contributed by atoms with E-state index in [9.17, 15) is 4.79 Å². The van der Waals surface area contributed by atoms with E-state index in [2.05, 4.69) is 4.90 Å². The zero-order chi connectivity index (χ0) is 14.7. The average molecular weight is 325 g/mol. The second-order valence-corrected chi connectivity index (χ2v) is 6.42. The smallest absolute Gasteiger partial charge is 0.265 e. The molecule has 3 heterocycles. The highest BCUT2D eigenvalue weighted by Crippen LogP contribution is 2.24. The fourth-order valence-electron chi connectivity index (χ4n) is 2.55. The first kappa shape index (κ1) is 14.6. The van der Waals surface area contributed by atoms with Gasteiger partial charge in [0.2, 0.25) is 0 Å². The zero-order valence-electron chi connectivity index (χ0n) is 11.6. The first-order valence-electron chi connectivity index (χ1n) is 7.01. The normalized spacial score (nSPS) is 16.9. The number of carbonyl (C=O) groups excluding carboxylic acids is 1. The van der Waals surface area contributed by atoms with Crippen molar-refractivity contribution >= 4 is 28.8 Å². The van der Waals surface area contributed by atoms with Gasteiger partial charge in [-0.25, -0.2) is 0 Å². The number of carbonyl (C=O) groups is 1. The zero-order valence-corrected chi connectivity index (χ0v) is 13.2. The molecule has 0 aliphatic carbocycles. The summed E-state index contributed by atoms with van der Waals surface area (Å²) in [5.74, 6) is 1.02. The largest absolute Gasteiger partial charge is 0.468 e. The molecule has 0 N–H and O–H groups in total. The number of thiophene rings is 1. The lowest BCUT2D eigenvalue weighted by molar-refractivity contribution is 0.0766. The molecule has 0 atom stereocenters. The molecule has 2 aromatic heterocycles. The fourth-order valence-corrected chi connectivity index (χ4v) is 3.65. The molecule has 21 heavy (non-hydrogen) atoms. The van der Waals surface area contributed by atoms with Crippen molar-refractivity contribution in [3.05, 3.63) is 45.5 Å². The molecule has 112 valence electrons. The summed E-state index contributed by atoms with van der Waals surface area (Å²) in [6.07, 6.45) is 2.66. The standard InChI is InChI=1S/C15H17ClN2O2S/c16-13-4-10-21-14(13)15(19)18-6-2-5-17(7-8-18)11-12-3-1-9-20-12/h1,3-4,9-10H,2,5-8,11H2. The Bertz CT molecular complexity index is 597. The highest BCUT2D eigenvalue weighted by atomic mass is 35.5. The van der Waals surface area contributed by atoms with Crippen LogP contribution in [-0.2, 0) is 6.54 Å². The molecule has 1 fully saturated rings. The van der Waals surface area contributed by atoms with Gasteiger partial charge in [0.15, 0.2) is 0 Å². The van der Waals surface area contributed by atoms with Crippen LogP contribution in [0.4, 0.5) is 0 Å². The number of hydrogen-bond acceptors (Lipinski definition) is 4. The van der Waals surface area contributed by atoms with Gasteiger partial charge in [-0.2, -0.15) is 0 Å². The number of rotatable bonds is 3. The Morgan fingerprint density at radius 1 is 1.29 bits per heavy atom. The molecule has 2 aromatic rings. The molecule has 0 radical (unpaired) electrons. The molecule has 0 unspecified atom stereocenters. The quantitative estimate of drug-likeness (QED) is 0.869. The summed E-state index contributed by atoms with van der Waals surface area (Å²) in [5, 5.41) is 2.41. The van der Waals surface area contributed by atoms with Gasteiger partial charge < -0.3 is 9.32 Å². The minimum atomic E-state index is 0.0508. The van der Waals surface area contributed by atoms with Gasteiger partial charge in [0.25, 0.3) is 5.91 Å². The van der Waals surface area contributed by atoms with E-state index >= 15 is 0 Å². The SMILES string of the molecule is O=C(c1sccc1Cl)N1CCCN(Cc2ccco2)CC1. The maximum Gasteiger partial charge on any atom is 0.265 e. The lowest BCUT2D eigenvalue weighted by Gasteiger charge is -2.21. The minimum absolute atomic E-state index is 0.0508. The molecule has 1 saturated heterocycles. The monoisotopic (exact) mass is 324 g/mol. The molecule has 1 amide bonds. The van der Waals surface area contributed by atoms with Crippen LogP contribution in [0.15, 0.2) is 34.3 Å². The predicted molar refractivity (Wildman–Crippen MR) is 83.8 cm³/mol. The summed E-state index contributed by atoms with van der Waals surface area (Å²) < 4.78 is 5.39. The van der Waals surface area contributed by atoms with Gasteiger partial charge in [-0.15, -0.1) is 11.3 Å². The Labute approximate surface area is 132 Å². The Hall–Kier alpha value is -1.30. The fraction of sp³-hybridized carbons (Fsp3) is 0.400. The van der Waals surface area contributed by atoms with Crippen LogP contribution in [0.1, 0.15) is 21.9 Å². The molecule has 0 saturated carbocycles. The Morgan fingerprint density at radius 2 is 2.19 bits per heavy atom. The third kappa shape index (κ3) is 3.48. The summed E-state index contributed by atoms with van der Waals surface area (Å²) in [5.41, 5.74) is 0. The second kappa shape index (κ2) is 6.64. The van der Waals surface area contributed by atoms with Crippen LogP contribution in [-0.4, -0.2) is 41.9 Å². The molecule has 6 heteroatoms. The third-order valence-corrected chi connectivity index (χ3v) is 4.98. The molecular weight excluding hydrogens is 308 g/mol. The van der Waals surface area contributed by atoms with E-state index < -0.39 is 0 Å². The van der Waals surface area contributed by atoms with E-state index in [1.54, 1.807) is 12.3 Å². The predicted octanol–water partition coefficient (Wildman–Crippen LogP) is 3.34. The highest BCUT2D eigenvalue weighted by molar-refractivity contribution is 7.12. The molecule has 4 nitrogen and oxygen atoms in total. The highest BCUT2D eigenvalue weighted by Gasteiger charge is 2.23. The van der Waals surface area contributed by atoms with Gasteiger partial charge in [0, 0.05) is 26.2 Å². The maximum absolute atomic E-state index is 12.5. The molecule has 1 aliphatic heterocycles. The van der Waals surface area contributed by atoms with Crippen LogP contribution in [0.5, 0.6) is 0 Å². The number of nitrogens with zero attached hydrogens (tertiary/aromatic N) is 2. The van der Waals surface area contributed by atoms with Crippen molar-refractivity contribution in [2.75, 3.05) is 26.2 Å². The van der Waals surface area contributed by atoms with E-state index in [0.717, 1.165) is 44.9 Å².